The zero-order valence-electron chi connectivity index (χ0n) is 13.2. The average Bonchev–Trinajstić information content (AvgIpc) is 2.45. The summed E-state index contributed by atoms with van der Waals surface area (Å²) in [6.07, 6.45) is 0. The molecule has 0 spiro atoms. The Kier molecular flexibility index (Phi) is 4.68. The van der Waals surface area contributed by atoms with Gasteiger partial charge in [-0.25, -0.2) is 17.5 Å². The molecule has 2 aromatic carbocycles. The minimum atomic E-state index is -3.62. The van der Waals surface area contributed by atoms with Crippen LogP contribution < -0.4 is 4.72 Å². The molecule has 118 valence electrons. The van der Waals surface area contributed by atoms with Gasteiger partial charge in [0.25, 0.3) is 0 Å². The number of hydrogen-bond donors (Lipinski definition) is 1. The SMILES string of the molecule is Cc1cc(C)c(C)c(S(=O)(=O)NCc2ccc(F)cc2)c1C. The molecule has 3 nitrogen and oxygen atoms in total. The van der Waals surface area contributed by atoms with Crippen molar-refractivity contribution in [3.63, 3.8) is 0 Å². The van der Waals surface area contributed by atoms with Crippen LogP contribution in [0.5, 0.6) is 0 Å². The summed E-state index contributed by atoms with van der Waals surface area (Å²) in [5.74, 6) is -0.340. The fourth-order valence-corrected chi connectivity index (χ4v) is 4.07. The van der Waals surface area contributed by atoms with Crippen LogP contribution in [0.3, 0.4) is 0 Å². The lowest BCUT2D eigenvalue weighted by atomic mass is 10.0. The third-order valence-corrected chi connectivity index (χ3v) is 5.62. The Balaban J connectivity index is 2.33. The topological polar surface area (TPSA) is 46.2 Å². The largest absolute Gasteiger partial charge is 0.241 e. The summed E-state index contributed by atoms with van der Waals surface area (Å²) in [5, 5.41) is 0. The monoisotopic (exact) mass is 321 g/mol. The second-order valence-electron chi connectivity index (χ2n) is 5.54. The molecule has 0 amide bonds. The molecule has 22 heavy (non-hydrogen) atoms. The molecule has 1 N–H and O–H groups in total. The van der Waals surface area contributed by atoms with Gasteiger partial charge in [-0.3, -0.25) is 0 Å². The summed E-state index contributed by atoms with van der Waals surface area (Å²) < 4.78 is 40.7. The van der Waals surface area contributed by atoms with Gasteiger partial charge in [0.15, 0.2) is 0 Å². The quantitative estimate of drug-likeness (QED) is 0.936. The van der Waals surface area contributed by atoms with E-state index < -0.39 is 10.0 Å². The highest BCUT2D eigenvalue weighted by molar-refractivity contribution is 7.89. The van der Waals surface area contributed by atoms with Crippen molar-refractivity contribution in [2.45, 2.75) is 39.1 Å². The molecule has 0 radical (unpaired) electrons. The van der Waals surface area contributed by atoms with Gasteiger partial charge in [-0.2, -0.15) is 0 Å². The molecule has 0 aromatic heterocycles. The minimum Gasteiger partial charge on any atom is -0.207 e. The third kappa shape index (κ3) is 3.36. The number of sulfonamides is 1. The van der Waals surface area contributed by atoms with Crippen LogP contribution in [0.1, 0.15) is 27.8 Å². The molecule has 5 heteroatoms. The Morgan fingerprint density at radius 3 is 1.95 bits per heavy atom. The van der Waals surface area contributed by atoms with Crippen LogP contribution in [0.4, 0.5) is 4.39 Å². The van der Waals surface area contributed by atoms with Crippen LogP contribution in [0.15, 0.2) is 35.2 Å². The van der Waals surface area contributed by atoms with Crippen LogP contribution in [-0.4, -0.2) is 8.42 Å². The number of halogens is 1. The van der Waals surface area contributed by atoms with Crippen molar-refractivity contribution in [2.75, 3.05) is 0 Å². The van der Waals surface area contributed by atoms with E-state index >= 15 is 0 Å². The number of aryl methyl sites for hydroxylation is 2. The van der Waals surface area contributed by atoms with Crippen molar-refractivity contribution in [1.82, 2.24) is 4.72 Å². The predicted molar refractivity (Wildman–Crippen MR) is 85.8 cm³/mol. The molecule has 0 aliphatic heterocycles. The van der Waals surface area contributed by atoms with Gasteiger partial charge in [-0.1, -0.05) is 18.2 Å². The lowest BCUT2D eigenvalue weighted by Gasteiger charge is -2.16. The van der Waals surface area contributed by atoms with Crippen molar-refractivity contribution in [3.8, 4) is 0 Å². The van der Waals surface area contributed by atoms with Gasteiger partial charge in [-0.05, 0) is 67.6 Å². The van der Waals surface area contributed by atoms with E-state index in [4.69, 9.17) is 0 Å². The number of hydrogen-bond acceptors (Lipinski definition) is 2. The Morgan fingerprint density at radius 2 is 1.45 bits per heavy atom. The van der Waals surface area contributed by atoms with E-state index in [0.29, 0.717) is 10.5 Å². The smallest absolute Gasteiger partial charge is 0.207 e. The third-order valence-electron chi connectivity index (χ3n) is 3.95. The molecule has 0 unspecified atom stereocenters. The Hall–Kier alpha value is -1.72. The van der Waals surface area contributed by atoms with Gasteiger partial charge in [-0.15, -0.1) is 0 Å². The summed E-state index contributed by atoms with van der Waals surface area (Å²) in [5.41, 5.74) is 4.13. The van der Waals surface area contributed by atoms with Crippen LogP contribution in [0.25, 0.3) is 0 Å². The van der Waals surface area contributed by atoms with Crippen molar-refractivity contribution < 1.29 is 12.8 Å². The van der Waals surface area contributed by atoms with Crippen LogP contribution in [0, 0.1) is 33.5 Å². The van der Waals surface area contributed by atoms with E-state index in [2.05, 4.69) is 4.72 Å². The summed E-state index contributed by atoms with van der Waals surface area (Å²) in [6.45, 7) is 7.57. The zero-order chi connectivity index (χ0) is 16.5. The molecular formula is C17H20FNO2S. The molecule has 2 aromatic rings. The number of nitrogens with one attached hydrogen (secondary N) is 1. The van der Waals surface area contributed by atoms with E-state index in [1.54, 1.807) is 12.1 Å². The summed E-state index contributed by atoms with van der Waals surface area (Å²) in [6, 6.07) is 7.76. The van der Waals surface area contributed by atoms with Gasteiger partial charge in [0.1, 0.15) is 5.82 Å². The predicted octanol–water partition coefficient (Wildman–Crippen LogP) is 3.54. The molecule has 0 aliphatic rings. The molecule has 0 atom stereocenters. The van der Waals surface area contributed by atoms with Gasteiger partial charge in [0.2, 0.25) is 10.0 Å². The van der Waals surface area contributed by atoms with Gasteiger partial charge >= 0.3 is 0 Å². The molecule has 0 saturated heterocycles. The maximum absolute atomic E-state index is 12.9. The fourth-order valence-electron chi connectivity index (χ4n) is 2.44. The van der Waals surface area contributed by atoms with E-state index in [0.717, 1.165) is 22.3 Å². The van der Waals surface area contributed by atoms with Crippen molar-refractivity contribution in [3.05, 3.63) is 64.0 Å². The van der Waals surface area contributed by atoms with Gasteiger partial charge < -0.3 is 0 Å². The van der Waals surface area contributed by atoms with Crippen LogP contribution in [0.2, 0.25) is 0 Å². The minimum absolute atomic E-state index is 0.133. The lowest BCUT2D eigenvalue weighted by molar-refractivity contribution is 0.579. The molecule has 0 aliphatic carbocycles. The van der Waals surface area contributed by atoms with E-state index in [9.17, 15) is 12.8 Å². The maximum atomic E-state index is 12.9. The highest BCUT2D eigenvalue weighted by Crippen LogP contribution is 2.26. The zero-order valence-corrected chi connectivity index (χ0v) is 14.0. The first-order chi connectivity index (χ1) is 10.2. The fraction of sp³-hybridized carbons (Fsp3) is 0.294. The normalized spacial score (nSPS) is 11.7. The van der Waals surface area contributed by atoms with Gasteiger partial charge in [0.05, 0.1) is 4.90 Å². The molecule has 0 heterocycles. The van der Waals surface area contributed by atoms with Gasteiger partial charge in [0, 0.05) is 6.54 Å². The standard InChI is InChI=1S/C17H20FNO2S/c1-11-9-12(2)14(4)17(13(11)3)22(20,21)19-10-15-5-7-16(18)8-6-15/h5-9,19H,10H2,1-4H3. The highest BCUT2D eigenvalue weighted by Gasteiger charge is 2.21. The first-order valence-electron chi connectivity index (χ1n) is 7.04. The van der Waals surface area contributed by atoms with Crippen molar-refractivity contribution >= 4 is 10.0 Å². The van der Waals surface area contributed by atoms with Crippen LogP contribution in [-0.2, 0) is 16.6 Å². The van der Waals surface area contributed by atoms with Crippen LogP contribution >= 0.6 is 0 Å². The maximum Gasteiger partial charge on any atom is 0.241 e. The molecule has 0 saturated carbocycles. The Morgan fingerprint density at radius 1 is 0.955 bits per heavy atom. The highest BCUT2D eigenvalue weighted by atomic mass is 32.2. The molecular weight excluding hydrogens is 301 g/mol. The summed E-state index contributed by atoms with van der Waals surface area (Å²) in [4.78, 5) is 0.340. The second kappa shape index (κ2) is 6.18. The lowest BCUT2D eigenvalue weighted by Crippen LogP contribution is -2.25. The first kappa shape index (κ1) is 16.6. The Bertz CT molecular complexity index is 770. The number of rotatable bonds is 4. The van der Waals surface area contributed by atoms with E-state index in [1.807, 2.05) is 33.8 Å². The van der Waals surface area contributed by atoms with E-state index in [-0.39, 0.29) is 12.4 Å². The molecule has 0 bridgehead atoms. The second-order valence-corrected chi connectivity index (χ2v) is 7.24. The number of benzene rings is 2. The van der Waals surface area contributed by atoms with E-state index in [1.165, 1.54) is 12.1 Å². The summed E-state index contributed by atoms with van der Waals surface area (Å²) in [7, 11) is -3.62. The molecule has 0 fully saturated rings. The molecule has 2 rings (SSSR count). The van der Waals surface area contributed by atoms with Crippen molar-refractivity contribution in [1.29, 1.82) is 0 Å². The Labute approximate surface area is 131 Å². The average molecular weight is 321 g/mol. The summed E-state index contributed by atoms with van der Waals surface area (Å²) >= 11 is 0. The van der Waals surface area contributed by atoms with Crippen molar-refractivity contribution in [2.24, 2.45) is 0 Å². The first-order valence-corrected chi connectivity index (χ1v) is 8.52.